The molecule has 0 aliphatic heterocycles. The van der Waals surface area contributed by atoms with E-state index in [1.165, 1.54) is 11.3 Å². The molecule has 2 aromatic rings. The minimum Gasteiger partial charge on any atom is -0.310 e. The first-order valence-electron chi connectivity index (χ1n) is 3.75. The van der Waals surface area contributed by atoms with E-state index in [0.717, 1.165) is 14.2 Å². The van der Waals surface area contributed by atoms with Crippen LogP contribution in [-0.4, -0.2) is 9.97 Å². The molecule has 13 heavy (non-hydrogen) atoms. The molecule has 3 nitrogen and oxygen atoms in total. The summed E-state index contributed by atoms with van der Waals surface area (Å²) in [5, 5.41) is 0.697. The van der Waals surface area contributed by atoms with Crippen molar-refractivity contribution >= 4 is 38.2 Å². The molecule has 68 valence electrons. The van der Waals surface area contributed by atoms with E-state index in [1.54, 1.807) is 6.92 Å². The second-order valence-electron chi connectivity index (χ2n) is 2.81. The summed E-state index contributed by atoms with van der Waals surface area (Å²) in [6, 6.07) is 0. The average Bonchev–Trinajstić information content (AvgIpc) is 2.27. The van der Waals surface area contributed by atoms with Gasteiger partial charge in [0.2, 0.25) is 0 Å². The molecule has 1 N–H and O–H groups in total. The number of hydrogen-bond acceptors (Lipinski definition) is 3. The Balaban J connectivity index is 3.06. The van der Waals surface area contributed by atoms with Crippen molar-refractivity contribution in [3.8, 4) is 0 Å². The van der Waals surface area contributed by atoms with Gasteiger partial charge in [-0.2, -0.15) is 0 Å². The third kappa shape index (κ3) is 1.32. The molecule has 2 aromatic heterocycles. The molecule has 0 atom stereocenters. The fourth-order valence-corrected chi connectivity index (χ4v) is 3.11. The second-order valence-corrected chi connectivity index (χ2v) is 5.35. The van der Waals surface area contributed by atoms with Gasteiger partial charge in [0.05, 0.1) is 9.17 Å². The second kappa shape index (κ2) is 2.92. The summed E-state index contributed by atoms with van der Waals surface area (Å²) in [5.41, 5.74) is 0.714. The fraction of sp³-hybridized carbons (Fsp3) is 0.250. The molecule has 0 unspecified atom stereocenters. The first-order chi connectivity index (χ1) is 6.09. The predicted octanol–water partition coefficient (Wildman–Crippen LogP) is 2.36. The third-order valence-electron chi connectivity index (χ3n) is 1.82. The van der Waals surface area contributed by atoms with Crippen LogP contribution in [0, 0.1) is 13.8 Å². The van der Waals surface area contributed by atoms with Crippen LogP contribution in [0.1, 0.15) is 10.7 Å². The van der Waals surface area contributed by atoms with Gasteiger partial charge in [0, 0.05) is 4.88 Å². The quantitative estimate of drug-likeness (QED) is 0.789. The van der Waals surface area contributed by atoms with Gasteiger partial charge in [0.25, 0.3) is 5.56 Å². The van der Waals surface area contributed by atoms with Crippen LogP contribution in [0.25, 0.3) is 10.9 Å². The van der Waals surface area contributed by atoms with Crippen LogP contribution >= 0.6 is 27.3 Å². The number of aromatic amines is 1. The number of nitrogens with zero attached hydrogens (tertiary/aromatic N) is 1. The van der Waals surface area contributed by atoms with E-state index in [4.69, 9.17) is 0 Å². The Hall–Kier alpha value is -0.680. The Morgan fingerprint density at radius 2 is 2.15 bits per heavy atom. The van der Waals surface area contributed by atoms with Crippen LogP contribution < -0.4 is 5.56 Å². The van der Waals surface area contributed by atoms with Gasteiger partial charge < -0.3 is 4.98 Å². The van der Waals surface area contributed by atoms with Gasteiger partial charge in [-0.15, -0.1) is 11.3 Å². The SMILES string of the molecule is Cc1nc2c(Br)sc(C)c2c(=O)[nH]1. The minimum absolute atomic E-state index is 0.0537. The number of halogens is 1. The Labute approximate surface area is 87.0 Å². The van der Waals surface area contributed by atoms with Crippen molar-refractivity contribution in [3.05, 3.63) is 24.8 Å². The van der Waals surface area contributed by atoms with E-state index in [2.05, 4.69) is 25.9 Å². The summed E-state index contributed by atoms with van der Waals surface area (Å²) in [6.45, 7) is 3.70. The Morgan fingerprint density at radius 1 is 1.46 bits per heavy atom. The molecule has 0 saturated heterocycles. The number of aromatic nitrogens is 2. The molecular weight excluding hydrogens is 252 g/mol. The summed E-state index contributed by atoms with van der Waals surface area (Å²) in [7, 11) is 0. The lowest BCUT2D eigenvalue weighted by molar-refractivity contribution is 1.06. The molecule has 0 aliphatic carbocycles. The Morgan fingerprint density at radius 3 is 2.85 bits per heavy atom. The number of hydrogen-bond donors (Lipinski definition) is 1. The van der Waals surface area contributed by atoms with Gasteiger partial charge in [-0.3, -0.25) is 4.79 Å². The highest BCUT2D eigenvalue weighted by molar-refractivity contribution is 9.11. The molecule has 0 radical (unpaired) electrons. The highest BCUT2D eigenvalue weighted by Crippen LogP contribution is 2.31. The predicted molar refractivity (Wildman–Crippen MR) is 57.4 cm³/mol. The molecule has 5 heteroatoms. The van der Waals surface area contributed by atoms with E-state index in [0.29, 0.717) is 11.2 Å². The van der Waals surface area contributed by atoms with Gasteiger partial charge in [-0.05, 0) is 29.8 Å². The Bertz CT molecular complexity index is 529. The van der Waals surface area contributed by atoms with Crippen molar-refractivity contribution in [1.29, 1.82) is 0 Å². The van der Waals surface area contributed by atoms with Crippen LogP contribution in [0.5, 0.6) is 0 Å². The normalized spacial score (nSPS) is 11.0. The van der Waals surface area contributed by atoms with Crippen molar-refractivity contribution < 1.29 is 0 Å². The number of nitrogens with one attached hydrogen (secondary N) is 1. The van der Waals surface area contributed by atoms with Crippen molar-refractivity contribution in [1.82, 2.24) is 9.97 Å². The van der Waals surface area contributed by atoms with Crippen LogP contribution in [0.2, 0.25) is 0 Å². The molecular formula is C8H7BrN2OS. The summed E-state index contributed by atoms with van der Waals surface area (Å²) >= 11 is 4.93. The van der Waals surface area contributed by atoms with Crippen LogP contribution in [0.4, 0.5) is 0 Å². The number of H-pyrrole nitrogens is 1. The lowest BCUT2D eigenvalue weighted by atomic mass is 10.3. The number of fused-ring (bicyclic) bond motifs is 1. The van der Waals surface area contributed by atoms with Crippen molar-refractivity contribution in [3.63, 3.8) is 0 Å². The first-order valence-corrected chi connectivity index (χ1v) is 5.36. The van der Waals surface area contributed by atoms with Gasteiger partial charge >= 0.3 is 0 Å². The largest absolute Gasteiger partial charge is 0.310 e. The summed E-state index contributed by atoms with van der Waals surface area (Å²) in [4.78, 5) is 19.5. The maximum absolute atomic E-state index is 11.5. The molecule has 0 fully saturated rings. The number of aryl methyl sites for hydroxylation is 2. The van der Waals surface area contributed by atoms with Crippen molar-refractivity contribution in [2.45, 2.75) is 13.8 Å². The molecule has 0 aliphatic rings. The van der Waals surface area contributed by atoms with E-state index in [-0.39, 0.29) is 5.56 Å². The highest BCUT2D eigenvalue weighted by atomic mass is 79.9. The van der Waals surface area contributed by atoms with Gasteiger partial charge in [-0.1, -0.05) is 0 Å². The minimum atomic E-state index is -0.0537. The fourth-order valence-electron chi connectivity index (χ4n) is 1.29. The smallest absolute Gasteiger partial charge is 0.259 e. The van der Waals surface area contributed by atoms with E-state index >= 15 is 0 Å². The highest BCUT2D eigenvalue weighted by Gasteiger charge is 2.11. The first kappa shape index (κ1) is 8.90. The monoisotopic (exact) mass is 258 g/mol. The molecule has 2 rings (SSSR count). The van der Waals surface area contributed by atoms with E-state index in [9.17, 15) is 4.79 Å². The molecule has 0 amide bonds. The zero-order chi connectivity index (χ0) is 9.59. The van der Waals surface area contributed by atoms with Crippen LogP contribution in [-0.2, 0) is 0 Å². The number of rotatable bonds is 0. The lowest BCUT2D eigenvalue weighted by Gasteiger charge is -1.93. The topological polar surface area (TPSA) is 45.8 Å². The average molecular weight is 259 g/mol. The lowest BCUT2D eigenvalue weighted by Crippen LogP contribution is -2.09. The Kier molecular flexibility index (Phi) is 2.00. The molecule has 0 bridgehead atoms. The zero-order valence-electron chi connectivity index (χ0n) is 7.14. The van der Waals surface area contributed by atoms with Crippen LogP contribution in [0.15, 0.2) is 8.58 Å². The molecule has 0 spiro atoms. The van der Waals surface area contributed by atoms with Gasteiger partial charge in [-0.25, -0.2) is 4.98 Å². The maximum Gasteiger partial charge on any atom is 0.259 e. The molecule has 2 heterocycles. The summed E-state index contributed by atoms with van der Waals surface area (Å²) in [5.74, 6) is 0.649. The van der Waals surface area contributed by atoms with Crippen molar-refractivity contribution in [2.24, 2.45) is 0 Å². The summed E-state index contributed by atoms with van der Waals surface area (Å²) < 4.78 is 0.925. The number of thiophene rings is 1. The zero-order valence-corrected chi connectivity index (χ0v) is 9.54. The van der Waals surface area contributed by atoms with E-state index in [1.807, 2.05) is 6.92 Å². The standard InChI is InChI=1S/C8H7BrN2OS/c1-3-5-6(7(9)13-3)10-4(2)11-8(5)12/h1-2H3,(H,10,11,12). The van der Waals surface area contributed by atoms with E-state index < -0.39 is 0 Å². The van der Waals surface area contributed by atoms with Crippen molar-refractivity contribution in [2.75, 3.05) is 0 Å². The van der Waals surface area contributed by atoms with Gasteiger partial charge in [0.15, 0.2) is 0 Å². The third-order valence-corrected chi connectivity index (χ3v) is 3.56. The van der Waals surface area contributed by atoms with Gasteiger partial charge in [0.1, 0.15) is 11.3 Å². The molecule has 0 aromatic carbocycles. The molecule has 0 saturated carbocycles. The summed E-state index contributed by atoms with van der Waals surface area (Å²) in [6.07, 6.45) is 0. The maximum atomic E-state index is 11.5. The van der Waals surface area contributed by atoms with Crippen LogP contribution in [0.3, 0.4) is 0 Å².